The van der Waals surface area contributed by atoms with E-state index in [1.807, 2.05) is 6.92 Å². The summed E-state index contributed by atoms with van der Waals surface area (Å²) in [5, 5.41) is 8.84. The molecule has 1 N–H and O–H groups in total. The van der Waals surface area contributed by atoms with Crippen LogP contribution in [0.15, 0.2) is 11.6 Å². The molecule has 0 amide bonds. The van der Waals surface area contributed by atoms with Gasteiger partial charge in [0.25, 0.3) is 0 Å². The number of hydrogen-bond donors (Lipinski definition) is 1. The van der Waals surface area contributed by atoms with Crippen molar-refractivity contribution in [2.24, 2.45) is 5.92 Å². The molecule has 92 valence electrons. The zero-order valence-electron chi connectivity index (χ0n) is 10.2. The van der Waals surface area contributed by atoms with E-state index in [0.29, 0.717) is 30.6 Å². The third kappa shape index (κ3) is 3.97. The number of carboxylic acids is 1. The quantitative estimate of drug-likeness (QED) is 0.733. The van der Waals surface area contributed by atoms with Crippen LogP contribution >= 0.6 is 0 Å². The molecular formula is C13H22O3. The fourth-order valence-electron chi connectivity index (χ4n) is 2.19. The molecule has 0 spiro atoms. The Morgan fingerprint density at radius 1 is 1.44 bits per heavy atom. The van der Waals surface area contributed by atoms with Gasteiger partial charge >= 0.3 is 5.97 Å². The molecule has 0 radical (unpaired) electrons. The first kappa shape index (κ1) is 13.2. The van der Waals surface area contributed by atoms with Crippen molar-refractivity contribution >= 4 is 5.97 Å². The highest BCUT2D eigenvalue weighted by Gasteiger charge is 2.21. The number of aliphatic carboxylic acids is 1. The lowest BCUT2D eigenvalue weighted by Gasteiger charge is -2.28. The zero-order chi connectivity index (χ0) is 12.0. The largest absolute Gasteiger partial charge is 0.478 e. The van der Waals surface area contributed by atoms with Gasteiger partial charge in [0.15, 0.2) is 0 Å². The standard InChI is InChI=1S/C13H22O3/c1-3-11(13(14)15)8-9-16-12-7-5-4-6-10(12)2/h8,10,12H,3-7,9H2,1-2H3,(H,14,15). The van der Waals surface area contributed by atoms with E-state index in [-0.39, 0.29) is 0 Å². The van der Waals surface area contributed by atoms with Crippen molar-refractivity contribution in [3.63, 3.8) is 0 Å². The summed E-state index contributed by atoms with van der Waals surface area (Å²) in [5.74, 6) is -0.222. The summed E-state index contributed by atoms with van der Waals surface area (Å²) in [7, 11) is 0. The van der Waals surface area contributed by atoms with Crippen LogP contribution in [0.25, 0.3) is 0 Å². The molecule has 1 saturated carbocycles. The molecule has 0 aromatic carbocycles. The summed E-state index contributed by atoms with van der Waals surface area (Å²) in [6.07, 6.45) is 7.45. The van der Waals surface area contributed by atoms with Crippen molar-refractivity contribution in [1.29, 1.82) is 0 Å². The molecule has 1 rings (SSSR count). The molecule has 3 nitrogen and oxygen atoms in total. The van der Waals surface area contributed by atoms with Crippen LogP contribution in [0.5, 0.6) is 0 Å². The number of carbonyl (C=O) groups is 1. The Labute approximate surface area is 97.5 Å². The van der Waals surface area contributed by atoms with E-state index in [9.17, 15) is 4.79 Å². The minimum Gasteiger partial charge on any atom is -0.478 e. The molecule has 0 aromatic heterocycles. The second kappa shape index (κ2) is 6.69. The van der Waals surface area contributed by atoms with E-state index >= 15 is 0 Å². The Kier molecular flexibility index (Phi) is 5.53. The molecule has 1 fully saturated rings. The summed E-state index contributed by atoms with van der Waals surface area (Å²) < 4.78 is 5.74. The lowest BCUT2D eigenvalue weighted by Crippen LogP contribution is -2.25. The smallest absolute Gasteiger partial charge is 0.331 e. The van der Waals surface area contributed by atoms with Gasteiger partial charge in [-0.2, -0.15) is 0 Å². The van der Waals surface area contributed by atoms with Gasteiger partial charge in [-0.15, -0.1) is 0 Å². The first-order chi connectivity index (χ1) is 7.65. The maximum atomic E-state index is 10.8. The molecule has 3 heteroatoms. The van der Waals surface area contributed by atoms with Crippen molar-refractivity contribution in [2.75, 3.05) is 6.61 Å². The monoisotopic (exact) mass is 226 g/mol. The lowest BCUT2D eigenvalue weighted by molar-refractivity contribution is -0.132. The SMILES string of the molecule is CCC(=CCOC1CCCCC1C)C(=O)O. The van der Waals surface area contributed by atoms with Gasteiger partial charge in [0, 0.05) is 5.57 Å². The van der Waals surface area contributed by atoms with Crippen LogP contribution in [0.3, 0.4) is 0 Å². The molecule has 2 unspecified atom stereocenters. The van der Waals surface area contributed by atoms with E-state index in [1.165, 1.54) is 19.3 Å². The van der Waals surface area contributed by atoms with Gasteiger partial charge in [-0.1, -0.05) is 26.7 Å². The lowest BCUT2D eigenvalue weighted by atomic mass is 9.88. The van der Waals surface area contributed by atoms with Crippen LogP contribution in [0.2, 0.25) is 0 Å². The Bertz CT molecular complexity index is 258. The topological polar surface area (TPSA) is 46.5 Å². The van der Waals surface area contributed by atoms with Crippen molar-refractivity contribution in [3.05, 3.63) is 11.6 Å². The van der Waals surface area contributed by atoms with Gasteiger partial charge in [-0.05, 0) is 31.3 Å². The van der Waals surface area contributed by atoms with Gasteiger partial charge in [0.2, 0.25) is 0 Å². The predicted octanol–water partition coefficient (Wildman–Crippen LogP) is 3.00. The van der Waals surface area contributed by atoms with E-state index in [1.54, 1.807) is 6.08 Å². The van der Waals surface area contributed by atoms with E-state index in [4.69, 9.17) is 9.84 Å². The highest BCUT2D eigenvalue weighted by molar-refractivity contribution is 5.86. The van der Waals surface area contributed by atoms with Crippen LogP contribution in [0.4, 0.5) is 0 Å². The summed E-state index contributed by atoms with van der Waals surface area (Å²) in [6, 6.07) is 0. The second-order valence-electron chi connectivity index (χ2n) is 4.52. The van der Waals surface area contributed by atoms with Crippen LogP contribution in [0, 0.1) is 5.92 Å². The predicted molar refractivity (Wildman–Crippen MR) is 63.4 cm³/mol. The first-order valence-electron chi connectivity index (χ1n) is 6.19. The van der Waals surface area contributed by atoms with Crippen molar-refractivity contribution < 1.29 is 14.6 Å². The molecule has 2 atom stereocenters. The van der Waals surface area contributed by atoms with E-state index in [0.717, 1.165) is 6.42 Å². The Morgan fingerprint density at radius 2 is 2.12 bits per heavy atom. The third-order valence-corrected chi connectivity index (χ3v) is 3.33. The highest BCUT2D eigenvalue weighted by Crippen LogP contribution is 2.26. The van der Waals surface area contributed by atoms with Crippen molar-refractivity contribution in [2.45, 2.75) is 52.1 Å². The van der Waals surface area contributed by atoms with Crippen molar-refractivity contribution in [3.8, 4) is 0 Å². The number of ether oxygens (including phenoxy) is 1. The Morgan fingerprint density at radius 3 is 2.69 bits per heavy atom. The number of carboxylic acid groups (broad SMARTS) is 1. The van der Waals surface area contributed by atoms with Crippen LogP contribution in [-0.2, 0) is 9.53 Å². The van der Waals surface area contributed by atoms with Crippen molar-refractivity contribution in [1.82, 2.24) is 0 Å². The fourth-order valence-corrected chi connectivity index (χ4v) is 2.19. The van der Waals surface area contributed by atoms with Gasteiger partial charge in [-0.3, -0.25) is 0 Å². The van der Waals surface area contributed by atoms with E-state index < -0.39 is 5.97 Å². The molecule has 0 aliphatic heterocycles. The summed E-state index contributed by atoms with van der Waals surface area (Å²) >= 11 is 0. The molecule has 1 aliphatic carbocycles. The summed E-state index contributed by atoms with van der Waals surface area (Å²) in [6.45, 7) is 4.50. The number of hydrogen-bond acceptors (Lipinski definition) is 2. The maximum absolute atomic E-state index is 10.8. The van der Waals surface area contributed by atoms with Crippen LogP contribution in [0.1, 0.15) is 46.0 Å². The molecule has 0 heterocycles. The minimum atomic E-state index is -0.831. The Hall–Kier alpha value is -0.830. The highest BCUT2D eigenvalue weighted by atomic mass is 16.5. The molecule has 1 aliphatic rings. The van der Waals surface area contributed by atoms with E-state index in [2.05, 4.69) is 6.92 Å². The van der Waals surface area contributed by atoms with Gasteiger partial charge in [-0.25, -0.2) is 4.79 Å². The van der Waals surface area contributed by atoms with Gasteiger partial charge < -0.3 is 9.84 Å². The molecule has 0 aromatic rings. The average molecular weight is 226 g/mol. The summed E-state index contributed by atoms with van der Waals surface area (Å²) in [5.41, 5.74) is 0.448. The van der Waals surface area contributed by atoms with Gasteiger partial charge in [0.05, 0.1) is 12.7 Å². The molecule has 16 heavy (non-hydrogen) atoms. The van der Waals surface area contributed by atoms with Gasteiger partial charge in [0.1, 0.15) is 0 Å². The average Bonchev–Trinajstić information content (AvgIpc) is 2.26. The molecule has 0 saturated heterocycles. The zero-order valence-corrected chi connectivity index (χ0v) is 10.2. The number of rotatable bonds is 5. The normalized spacial score (nSPS) is 26.8. The first-order valence-corrected chi connectivity index (χ1v) is 6.19. The summed E-state index contributed by atoms with van der Waals surface area (Å²) in [4.78, 5) is 10.8. The second-order valence-corrected chi connectivity index (χ2v) is 4.52. The Balaban J connectivity index is 2.35. The fraction of sp³-hybridized carbons (Fsp3) is 0.769. The molecule has 0 bridgehead atoms. The van der Waals surface area contributed by atoms with Crippen LogP contribution < -0.4 is 0 Å². The maximum Gasteiger partial charge on any atom is 0.331 e. The third-order valence-electron chi connectivity index (χ3n) is 3.33. The van der Waals surface area contributed by atoms with Crippen LogP contribution in [-0.4, -0.2) is 23.8 Å². The molecular weight excluding hydrogens is 204 g/mol. The minimum absolute atomic E-state index is 0.317.